The van der Waals surface area contributed by atoms with Crippen LogP contribution in [0.15, 0.2) is 12.5 Å². The van der Waals surface area contributed by atoms with Crippen LogP contribution in [0, 0.1) is 0 Å². The van der Waals surface area contributed by atoms with Crippen molar-refractivity contribution in [2.75, 3.05) is 20.1 Å². The number of hydrogen-bond donors (Lipinski definition) is 3. The summed E-state index contributed by atoms with van der Waals surface area (Å²) in [5.41, 5.74) is -0.0300. The van der Waals surface area contributed by atoms with Crippen molar-refractivity contribution in [1.82, 2.24) is 19.8 Å². The largest absolute Gasteiger partial charge is 0.476 e. The molecule has 1 unspecified atom stereocenters. The zero-order chi connectivity index (χ0) is 14.4. The Kier molecular flexibility index (Phi) is 5.31. The summed E-state index contributed by atoms with van der Waals surface area (Å²) in [5, 5.41) is 20.5. The molecule has 0 fully saturated rings. The van der Waals surface area contributed by atoms with Gasteiger partial charge in [0.05, 0.1) is 12.4 Å². The van der Waals surface area contributed by atoms with Crippen molar-refractivity contribution in [3.63, 3.8) is 0 Å². The van der Waals surface area contributed by atoms with Crippen LogP contribution in [-0.4, -0.2) is 62.9 Å². The number of carbonyl (C=O) groups is 2. The molecule has 0 aliphatic heterocycles. The molecule has 8 nitrogen and oxygen atoms in total. The molecular formula is C11H18N4O4. The number of carboxylic acid groups (broad SMARTS) is 1. The van der Waals surface area contributed by atoms with E-state index in [1.54, 1.807) is 18.5 Å². The fourth-order valence-corrected chi connectivity index (χ4v) is 1.50. The normalized spacial score (nSPS) is 11.9. The molecule has 19 heavy (non-hydrogen) atoms. The molecule has 0 spiro atoms. The lowest BCUT2D eigenvalue weighted by atomic mass is 10.4. The van der Waals surface area contributed by atoms with E-state index in [0.717, 1.165) is 0 Å². The summed E-state index contributed by atoms with van der Waals surface area (Å²) in [6, 6.07) is -0.292. The summed E-state index contributed by atoms with van der Waals surface area (Å²) in [6.45, 7) is 2.62. The number of nitrogens with zero attached hydrogens (tertiary/aromatic N) is 3. The van der Waals surface area contributed by atoms with Crippen molar-refractivity contribution < 1.29 is 19.8 Å². The second-order valence-electron chi connectivity index (χ2n) is 4.26. The van der Waals surface area contributed by atoms with Crippen molar-refractivity contribution in [3.05, 3.63) is 18.2 Å². The van der Waals surface area contributed by atoms with Gasteiger partial charge in [-0.05, 0) is 6.92 Å². The minimum Gasteiger partial charge on any atom is -0.476 e. The number of hydrogen-bond acceptors (Lipinski definition) is 4. The third-order valence-electron chi connectivity index (χ3n) is 2.38. The molecule has 0 bridgehead atoms. The highest BCUT2D eigenvalue weighted by atomic mass is 16.4. The summed E-state index contributed by atoms with van der Waals surface area (Å²) in [6.07, 6.45) is 2.21. The van der Waals surface area contributed by atoms with Gasteiger partial charge in [0.15, 0.2) is 5.69 Å². The lowest BCUT2D eigenvalue weighted by Crippen LogP contribution is -2.41. The Morgan fingerprint density at radius 1 is 1.58 bits per heavy atom. The average Bonchev–Trinajstić information content (AvgIpc) is 2.76. The fourth-order valence-electron chi connectivity index (χ4n) is 1.50. The van der Waals surface area contributed by atoms with Crippen molar-refractivity contribution >= 4 is 12.0 Å². The minimum absolute atomic E-state index is 0.0300. The molecule has 1 aromatic heterocycles. The molecule has 3 N–H and O–H groups in total. The van der Waals surface area contributed by atoms with Gasteiger partial charge in [-0.15, -0.1) is 0 Å². The van der Waals surface area contributed by atoms with E-state index in [1.165, 1.54) is 17.4 Å². The van der Waals surface area contributed by atoms with Gasteiger partial charge in [-0.3, -0.25) is 0 Å². The van der Waals surface area contributed by atoms with Crippen LogP contribution < -0.4 is 5.32 Å². The molecule has 2 amide bonds. The van der Waals surface area contributed by atoms with E-state index < -0.39 is 12.1 Å². The molecule has 0 saturated heterocycles. The average molecular weight is 270 g/mol. The Hall–Kier alpha value is -2.09. The first-order chi connectivity index (χ1) is 8.90. The molecule has 1 heterocycles. The van der Waals surface area contributed by atoms with E-state index in [1.807, 2.05) is 0 Å². The topological polar surface area (TPSA) is 108 Å². The van der Waals surface area contributed by atoms with E-state index in [0.29, 0.717) is 13.1 Å². The number of aliphatic hydroxyl groups excluding tert-OH is 1. The monoisotopic (exact) mass is 270 g/mol. The van der Waals surface area contributed by atoms with Crippen LogP contribution in [-0.2, 0) is 6.54 Å². The van der Waals surface area contributed by atoms with E-state index in [2.05, 4.69) is 10.3 Å². The van der Waals surface area contributed by atoms with E-state index in [4.69, 9.17) is 10.2 Å². The van der Waals surface area contributed by atoms with Gasteiger partial charge in [-0.25, -0.2) is 14.6 Å². The van der Waals surface area contributed by atoms with Crippen LogP contribution in [0.5, 0.6) is 0 Å². The predicted octanol–water partition coefficient (Wildman–Crippen LogP) is -0.396. The van der Waals surface area contributed by atoms with Crippen molar-refractivity contribution in [1.29, 1.82) is 0 Å². The van der Waals surface area contributed by atoms with Crippen LogP contribution in [0.1, 0.15) is 17.4 Å². The van der Waals surface area contributed by atoms with Crippen LogP contribution in [0.25, 0.3) is 0 Å². The number of carboxylic acids is 1. The van der Waals surface area contributed by atoms with Crippen LogP contribution in [0.2, 0.25) is 0 Å². The molecule has 0 aromatic carbocycles. The fraction of sp³-hybridized carbons (Fsp3) is 0.545. The number of aromatic nitrogens is 2. The maximum absolute atomic E-state index is 11.6. The van der Waals surface area contributed by atoms with Gasteiger partial charge >= 0.3 is 12.0 Å². The third-order valence-corrected chi connectivity index (χ3v) is 2.38. The van der Waals surface area contributed by atoms with Crippen LogP contribution in [0.3, 0.4) is 0 Å². The number of likely N-dealkylation sites (N-methyl/N-ethyl adjacent to an activating group) is 1. The first kappa shape index (κ1) is 15.0. The Morgan fingerprint density at radius 3 is 2.79 bits per heavy atom. The summed E-state index contributed by atoms with van der Waals surface area (Å²) < 4.78 is 1.58. The van der Waals surface area contributed by atoms with E-state index >= 15 is 0 Å². The van der Waals surface area contributed by atoms with Crippen molar-refractivity contribution in [2.45, 2.75) is 19.6 Å². The van der Waals surface area contributed by atoms with Crippen LogP contribution in [0.4, 0.5) is 4.79 Å². The maximum Gasteiger partial charge on any atom is 0.356 e. The number of urea groups is 1. The molecule has 1 rings (SSSR count). The van der Waals surface area contributed by atoms with Gasteiger partial charge in [0, 0.05) is 32.9 Å². The Morgan fingerprint density at radius 2 is 2.26 bits per heavy atom. The molecule has 0 aliphatic carbocycles. The van der Waals surface area contributed by atoms with Gasteiger partial charge in [-0.1, -0.05) is 0 Å². The molecule has 0 radical (unpaired) electrons. The second-order valence-corrected chi connectivity index (χ2v) is 4.26. The molecule has 1 atom stereocenters. The van der Waals surface area contributed by atoms with E-state index in [-0.39, 0.29) is 18.3 Å². The molecule has 1 aromatic rings. The minimum atomic E-state index is -1.08. The number of imidazole rings is 1. The predicted molar refractivity (Wildman–Crippen MR) is 66.9 cm³/mol. The summed E-state index contributed by atoms with van der Waals surface area (Å²) in [5.74, 6) is -1.08. The number of rotatable bonds is 6. The molecule has 106 valence electrons. The standard InChI is InChI=1S/C11H18N4O4/c1-8(16)5-14(2)11(19)12-3-4-15-6-9(10(17)18)13-7-15/h6-8,16H,3-5H2,1-2H3,(H,12,19)(H,17,18). The van der Waals surface area contributed by atoms with Crippen LogP contribution >= 0.6 is 0 Å². The Balaban J connectivity index is 2.33. The number of carbonyl (C=O) groups excluding carboxylic acids is 1. The Bertz CT molecular complexity index is 444. The first-order valence-electron chi connectivity index (χ1n) is 5.82. The van der Waals surface area contributed by atoms with Crippen molar-refractivity contribution in [3.8, 4) is 0 Å². The summed E-state index contributed by atoms with van der Waals surface area (Å²) in [4.78, 5) is 27.3. The number of aromatic carboxylic acids is 1. The summed E-state index contributed by atoms with van der Waals surface area (Å²) in [7, 11) is 1.59. The van der Waals surface area contributed by atoms with E-state index in [9.17, 15) is 9.59 Å². The zero-order valence-corrected chi connectivity index (χ0v) is 10.9. The molecule has 8 heteroatoms. The lowest BCUT2D eigenvalue weighted by molar-refractivity contribution is 0.0691. The summed E-state index contributed by atoms with van der Waals surface area (Å²) >= 11 is 0. The zero-order valence-electron chi connectivity index (χ0n) is 10.9. The van der Waals surface area contributed by atoms with Gasteiger partial charge in [0.1, 0.15) is 0 Å². The molecule has 0 saturated carbocycles. The Labute approximate surface area is 110 Å². The van der Waals surface area contributed by atoms with Crippen molar-refractivity contribution in [2.24, 2.45) is 0 Å². The highest BCUT2D eigenvalue weighted by Gasteiger charge is 2.10. The first-order valence-corrected chi connectivity index (χ1v) is 5.82. The number of nitrogens with one attached hydrogen (secondary N) is 1. The van der Waals surface area contributed by atoms with Gasteiger partial charge in [0.2, 0.25) is 0 Å². The second kappa shape index (κ2) is 6.74. The van der Waals surface area contributed by atoms with Gasteiger partial charge in [0.25, 0.3) is 0 Å². The highest BCUT2D eigenvalue weighted by molar-refractivity contribution is 5.84. The number of aliphatic hydroxyl groups is 1. The van der Waals surface area contributed by atoms with Gasteiger partial charge < -0.3 is 25.0 Å². The van der Waals surface area contributed by atoms with Gasteiger partial charge in [-0.2, -0.15) is 0 Å². The maximum atomic E-state index is 11.6. The third kappa shape index (κ3) is 4.96. The SMILES string of the molecule is CC(O)CN(C)C(=O)NCCn1cnc(C(=O)O)c1. The highest BCUT2D eigenvalue weighted by Crippen LogP contribution is 1.95. The smallest absolute Gasteiger partial charge is 0.356 e. The quantitative estimate of drug-likeness (QED) is 0.652. The molecular weight excluding hydrogens is 252 g/mol. The number of amides is 2. The molecule has 0 aliphatic rings. The lowest BCUT2D eigenvalue weighted by Gasteiger charge is -2.19.